The highest BCUT2D eigenvalue weighted by atomic mass is 16.5. The molecule has 0 aromatic heterocycles. The van der Waals surface area contributed by atoms with Crippen LogP contribution >= 0.6 is 0 Å². The van der Waals surface area contributed by atoms with Crippen LogP contribution in [0.4, 0.5) is 0 Å². The van der Waals surface area contributed by atoms with Crippen LogP contribution in [0.2, 0.25) is 0 Å². The molecule has 0 aromatic carbocycles. The maximum Gasteiger partial charge on any atom is 0.315 e. The van der Waals surface area contributed by atoms with Gasteiger partial charge in [0.25, 0.3) is 0 Å². The van der Waals surface area contributed by atoms with E-state index in [4.69, 9.17) is 9.47 Å². The number of fused-ring (bicyclic) bond motifs is 4. The molecule has 0 radical (unpaired) electrons. The summed E-state index contributed by atoms with van der Waals surface area (Å²) in [6.07, 6.45) is 6.42. The summed E-state index contributed by atoms with van der Waals surface area (Å²) < 4.78 is 12.1. The van der Waals surface area contributed by atoms with Crippen molar-refractivity contribution in [1.29, 1.82) is 0 Å². The van der Waals surface area contributed by atoms with Crippen molar-refractivity contribution < 1.29 is 19.4 Å². The van der Waals surface area contributed by atoms with Gasteiger partial charge in [-0.2, -0.15) is 0 Å². The van der Waals surface area contributed by atoms with Crippen LogP contribution in [0.5, 0.6) is 0 Å². The molecule has 0 unspecified atom stereocenters. The van der Waals surface area contributed by atoms with E-state index in [1.165, 1.54) is 18.4 Å². The molecule has 4 rings (SSSR count). The van der Waals surface area contributed by atoms with Gasteiger partial charge >= 0.3 is 5.97 Å². The third-order valence-electron chi connectivity index (χ3n) is 8.91. The highest BCUT2D eigenvalue weighted by Crippen LogP contribution is 2.64. The summed E-state index contributed by atoms with van der Waals surface area (Å²) in [7, 11) is 0. The van der Waals surface area contributed by atoms with Crippen molar-refractivity contribution in [3.05, 3.63) is 11.3 Å². The monoisotopic (exact) mass is 404 g/mol. The highest BCUT2D eigenvalue weighted by Gasteiger charge is 2.59. The normalized spacial score (nSPS) is 42.9. The minimum absolute atomic E-state index is 0.0917. The molecule has 0 spiro atoms. The topological polar surface area (TPSA) is 55.8 Å². The van der Waals surface area contributed by atoms with Gasteiger partial charge in [-0.1, -0.05) is 34.6 Å². The number of carbonyl (C=O) groups excluding carboxylic acids is 1. The Labute approximate surface area is 176 Å². The Balaban J connectivity index is 1.57. The maximum absolute atomic E-state index is 13.0. The largest absolute Gasteiger partial charge is 0.431 e. The molecule has 0 amide bonds. The molecule has 164 valence electrons. The molecule has 3 aliphatic carbocycles. The standard InChI is InChI=1S/C25H40O4/c1-15(2)13-28-14-16(3)18-6-7-19-22-20(9-11-24(18,19)4)25(5)10-8-17(26)12-21(25)23(27)29-22/h15-19,21,26H,6-14H2,1-5H3/t16-,17+,18-,19+,21+,24-,25-/m1/s1. The van der Waals surface area contributed by atoms with E-state index in [9.17, 15) is 9.90 Å². The zero-order chi connectivity index (χ0) is 21.0. The first-order valence-corrected chi connectivity index (χ1v) is 11.9. The Bertz CT molecular complexity index is 682. The highest BCUT2D eigenvalue weighted by molar-refractivity contribution is 5.77. The fourth-order valence-electron chi connectivity index (χ4n) is 7.21. The van der Waals surface area contributed by atoms with Crippen molar-refractivity contribution in [1.82, 2.24) is 0 Å². The van der Waals surface area contributed by atoms with E-state index in [1.54, 1.807) is 0 Å². The van der Waals surface area contributed by atoms with E-state index in [0.717, 1.165) is 44.7 Å². The average Bonchev–Trinajstić information content (AvgIpc) is 3.00. The van der Waals surface area contributed by atoms with Crippen LogP contribution in [-0.2, 0) is 14.3 Å². The van der Waals surface area contributed by atoms with Crippen molar-refractivity contribution in [2.24, 2.45) is 40.4 Å². The van der Waals surface area contributed by atoms with Gasteiger partial charge in [-0.3, -0.25) is 4.79 Å². The van der Waals surface area contributed by atoms with Gasteiger partial charge in [0.05, 0.1) is 12.0 Å². The first kappa shape index (κ1) is 21.4. The Morgan fingerprint density at radius 1 is 1.10 bits per heavy atom. The minimum Gasteiger partial charge on any atom is -0.431 e. The van der Waals surface area contributed by atoms with Crippen LogP contribution in [0, 0.1) is 40.4 Å². The summed E-state index contributed by atoms with van der Waals surface area (Å²) >= 11 is 0. The Kier molecular flexibility index (Phi) is 5.65. The summed E-state index contributed by atoms with van der Waals surface area (Å²) in [5, 5.41) is 10.1. The smallest absolute Gasteiger partial charge is 0.315 e. The average molecular weight is 405 g/mol. The molecule has 1 heterocycles. The lowest BCUT2D eigenvalue weighted by molar-refractivity contribution is -0.159. The first-order valence-electron chi connectivity index (χ1n) is 11.9. The zero-order valence-corrected chi connectivity index (χ0v) is 19.0. The van der Waals surface area contributed by atoms with Gasteiger partial charge in [0.15, 0.2) is 0 Å². The quantitative estimate of drug-likeness (QED) is 0.648. The summed E-state index contributed by atoms with van der Waals surface area (Å²) in [6, 6.07) is 0. The maximum atomic E-state index is 13.0. The molecule has 4 heteroatoms. The van der Waals surface area contributed by atoms with Crippen LogP contribution in [0.15, 0.2) is 11.3 Å². The second kappa shape index (κ2) is 7.67. The van der Waals surface area contributed by atoms with Crippen molar-refractivity contribution in [2.75, 3.05) is 13.2 Å². The minimum atomic E-state index is -0.362. The van der Waals surface area contributed by atoms with E-state index < -0.39 is 0 Å². The van der Waals surface area contributed by atoms with Crippen molar-refractivity contribution in [2.45, 2.75) is 85.7 Å². The number of hydrogen-bond donors (Lipinski definition) is 1. The van der Waals surface area contributed by atoms with Crippen molar-refractivity contribution in [3.8, 4) is 0 Å². The van der Waals surface area contributed by atoms with E-state index >= 15 is 0 Å². The fourth-order valence-corrected chi connectivity index (χ4v) is 7.21. The predicted molar refractivity (Wildman–Crippen MR) is 113 cm³/mol. The number of hydrogen-bond acceptors (Lipinski definition) is 4. The molecule has 2 fully saturated rings. The fraction of sp³-hybridized carbons (Fsp3) is 0.880. The summed E-state index contributed by atoms with van der Waals surface area (Å²) in [4.78, 5) is 13.0. The Morgan fingerprint density at radius 3 is 2.59 bits per heavy atom. The van der Waals surface area contributed by atoms with Crippen LogP contribution in [0.1, 0.15) is 79.6 Å². The molecule has 1 N–H and O–H groups in total. The number of allylic oxidation sites excluding steroid dienone is 2. The van der Waals surface area contributed by atoms with E-state index in [1.807, 2.05) is 0 Å². The Hall–Kier alpha value is -0.870. The molecule has 29 heavy (non-hydrogen) atoms. The number of rotatable bonds is 5. The lowest BCUT2D eigenvalue weighted by Crippen LogP contribution is -2.50. The molecule has 7 atom stereocenters. The predicted octanol–water partition coefficient (Wildman–Crippen LogP) is 5.10. The molecule has 0 bridgehead atoms. The summed E-state index contributed by atoms with van der Waals surface area (Å²) in [6.45, 7) is 13.1. The lowest BCUT2D eigenvalue weighted by atomic mass is 9.55. The third-order valence-corrected chi connectivity index (χ3v) is 8.91. The van der Waals surface area contributed by atoms with Gasteiger partial charge in [0.2, 0.25) is 0 Å². The van der Waals surface area contributed by atoms with Crippen LogP contribution in [-0.4, -0.2) is 30.4 Å². The molecule has 4 aliphatic rings. The van der Waals surface area contributed by atoms with Gasteiger partial charge in [-0.15, -0.1) is 0 Å². The van der Waals surface area contributed by atoms with Crippen LogP contribution < -0.4 is 0 Å². The van der Waals surface area contributed by atoms with E-state index in [2.05, 4.69) is 34.6 Å². The molecular formula is C25H40O4. The Morgan fingerprint density at radius 2 is 1.86 bits per heavy atom. The second-order valence-corrected chi connectivity index (χ2v) is 11.3. The van der Waals surface area contributed by atoms with Gasteiger partial charge in [0.1, 0.15) is 5.76 Å². The van der Waals surface area contributed by atoms with E-state index in [0.29, 0.717) is 30.1 Å². The first-order chi connectivity index (χ1) is 13.7. The molecular weight excluding hydrogens is 364 g/mol. The molecule has 1 aliphatic heterocycles. The number of carbonyl (C=O) groups is 1. The van der Waals surface area contributed by atoms with Crippen molar-refractivity contribution in [3.63, 3.8) is 0 Å². The van der Waals surface area contributed by atoms with Gasteiger partial charge in [-0.25, -0.2) is 0 Å². The molecule has 4 nitrogen and oxygen atoms in total. The SMILES string of the molecule is CC(C)COC[C@@H](C)[C@H]1CC[C@H]2C3=C(CC[C@]12C)[C@@]1(C)CC[C@H](O)C[C@H]1C(=O)O3. The number of esters is 1. The zero-order valence-electron chi connectivity index (χ0n) is 19.0. The van der Waals surface area contributed by atoms with E-state index in [-0.39, 0.29) is 28.8 Å². The van der Waals surface area contributed by atoms with Gasteiger partial charge in [-0.05, 0) is 73.7 Å². The number of ether oxygens (including phenoxy) is 2. The van der Waals surface area contributed by atoms with Crippen LogP contribution in [0.3, 0.4) is 0 Å². The third kappa shape index (κ3) is 3.48. The van der Waals surface area contributed by atoms with Crippen molar-refractivity contribution >= 4 is 5.97 Å². The molecule has 0 aromatic rings. The van der Waals surface area contributed by atoms with Crippen LogP contribution in [0.25, 0.3) is 0 Å². The summed E-state index contributed by atoms with van der Waals surface area (Å²) in [5.74, 6) is 2.83. The van der Waals surface area contributed by atoms with Gasteiger partial charge in [0, 0.05) is 24.5 Å². The summed E-state index contributed by atoms with van der Waals surface area (Å²) in [5.41, 5.74) is 1.48. The number of aliphatic hydroxyl groups excluding tert-OH is 1. The lowest BCUT2D eigenvalue weighted by Gasteiger charge is -2.53. The second-order valence-electron chi connectivity index (χ2n) is 11.3. The van der Waals surface area contributed by atoms with Gasteiger partial charge < -0.3 is 14.6 Å². The molecule has 0 saturated heterocycles. The molecule has 2 saturated carbocycles. The number of aliphatic hydroxyl groups is 1.